The fourth-order valence-corrected chi connectivity index (χ4v) is 5.63. The molecule has 0 spiro atoms. The molecule has 0 fully saturated rings. The van der Waals surface area contributed by atoms with Crippen molar-refractivity contribution in [3.8, 4) is 0 Å². The number of fused-ring (bicyclic) bond motifs is 1. The van der Waals surface area contributed by atoms with E-state index < -0.39 is 22.0 Å². The second kappa shape index (κ2) is 11.1. The average molecular weight is 506 g/mol. The molecule has 3 aromatic carbocycles. The zero-order valence-electron chi connectivity index (χ0n) is 20.5. The van der Waals surface area contributed by atoms with Crippen molar-refractivity contribution in [1.82, 2.24) is 4.72 Å². The van der Waals surface area contributed by atoms with Crippen LogP contribution in [0.3, 0.4) is 0 Å². The molecular formula is C28H31N3O4S. The highest BCUT2D eigenvalue weighted by Gasteiger charge is 2.29. The zero-order chi connectivity index (χ0) is 25.7. The molecule has 0 bridgehead atoms. The molecule has 2 amide bonds. The molecule has 1 aliphatic heterocycles. The van der Waals surface area contributed by atoms with Crippen LogP contribution in [0.1, 0.15) is 37.0 Å². The van der Waals surface area contributed by atoms with E-state index in [-0.39, 0.29) is 17.2 Å². The number of carbonyl (C=O) groups excluding carboxylic acids is 2. The fraction of sp³-hybridized carbons (Fsp3) is 0.286. The lowest BCUT2D eigenvalue weighted by molar-refractivity contribution is -0.118. The van der Waals surface area contributed by atoms with Crippen LogP contribution in [0.5, 0.6) is 0 Å². The minimum atomic E-state index is -4.01. The van der Waals surface area contributed by atoms with Crippen molar-refractivity contribution in [3.63, 3.8) is 0 Å². The standard InChI is InChI=1S/C28H31N3O4S/c1-3-20-11-8-12-23(17-20)29-28(33)25(18-21-9-6-5-7-10-21)30-36(34,35)24-13-14-26-22(19-24)15-16-31(26)27(32)4-2/h5-14,17,19,25,30H,3-4,15-16,18H2,1-2H3,(H,29,33). The summed E-state index contributed by atoms with van der Waals surface area (Å²) in [5, 5.41) is 2.87. The number of aryl methyl sites for hydroxylation is 1. The van der Waals surface area contributed by atoms with Gasteiger partial charge in [0.25, 0.3) is 0 Å². The quantitative estimate of drug-likeness (QED) is 0.458. The van der Waals surface area contributed by atoms with Crippen LogP contribution in [0.15, 0.2) is 77.7 Å². The SMILES string of the molecule is CCC(=O)N1CCc2cc(S(=O)(=O)NC(Cc3ccccc3)C(=O)Nc3cccc(CC)c3)ccc21. The Hall–Kier alpha value is -3.49. The molecule has 1 atom stereocenters. The molecule has 8 heteroatoms. The van der Waals surface area contributed by atoms with Gasteiger partial charge in [-0.1, -0.05) is 56.3 Å². The van der Waals surface area contributed by atoms with Crippen LogP contribution >= 0.6 is 0 Å². The topological polar surface area (TPSA) is 95.6 Å². The van der Waals surface area contributed by atoms with Crippen LogP contribution in [0, 0.1) is 0 Å². The van der Waals surface area contributed by atoms with E-state index in [9.17, 15) is 18.0 Å². The summed E-state index contributed by atoms with van der Waals surface area (Å²) in [6.07, 6.45) is 2.00. The summed E-state index contributed by atoms with van der Waals surface area (Å²) in [5.74, 6) is -0.425. The monoisotopic (exact) mass is 505 g/mol. The lowest BCUT2D eigenvalue weighted by Crippen LogP contribution is -2.45. The maximum atomic E-state index is 13.4. The Labute approximate surface area is 212 Å². The van der Waals surface area contributed by atoms with Gasteiger partial charge in [0, 0.05) is 24.3 Å². The summed E-state index contributed by atoms with van der Waals surface area (Å²) in [6.45, 7) is 4.37. The molecule has 0 aliphatic carbocycles. The van der Waals surface area contributed by atoms with Gasteiger partial charge in [0.1, 0.15) is 6.04 Å². The highest BCUT2D eigenvalue weighted by atomic mass is 32.2. The fourth-order valence-electron chi connectivity index (χ4n) is 4.39. The number of rotatable bonds is 9. The Kier molecular flexibility index (Phi) is 7.86. The first-order valence-corrected chi connectivity index (χ1v) is 13.7. The Morgan fingerprint density at radius 3 is 2.42 bits per heavy atom. The number of sulfonamides is 1. The number of benzene rings is 3. The first kappa shape index (κ1) is 25.6. The van der Waals surface area contributed by atoms with Crippen LogP contribution < -0.4 is 14.9 Å². The molecule has 0 aromatic heterocycles. The van der Waals surface area contributed by atoms with Gasteiger partial charge in [-0.3, -0.25) is 9.59 Å². The van der Waals surface area contributed by atoms with Crippen molar-refractivity contribution >= 4 is 33.2 Å². The minimum absolute atomic E-state index is 0.00854. The number of amides is 2. The molecule has 1 aliphatic rings. The molecule has 1 unspecified atom stereocenters. The molecule has 4 rings (SSSR count). The van der Waals surface area contributed by atoms with Crippen LogP contribution in [-0.4, -0.2) is 32.8 Å². The molecule has 0 saturated heterocycles. The molecule has 3 aromatic rings. The summed E-state index contributed by atoms with van der Waals surface area (Å²) in [5.41, 5.74) is 4.08. The van der Waals surface area contributed by atoms with Crippen molar-refractivity contribution in [2.45, 2.75) is 50.5 Å². The molecular weight excluding hydrogens is 474 g/mol. The molecule has 0 radical (unpaired) electrons. The van der Waals surface area contributed by atoms with E-state index in [2.05, 4.69) is 10.0 Å². The Morgan fingerprint density at radius 1 is 0.944 bits per heavy atom. The Bertz CT molecular complexity index is 1360. The van der Waals surface area contributed by atoms with Gasteiger partial charge in [0.05, 0.1) is 4.90 Å². The summed E-state index contributed by atoms with van der Waals surface area (Å²) in [4.78, 5) is 27.2. The van der Waals surface area contributed by atoms with Gasteiger partial charge in [0.2, 0.25) is 21.8 Å². The summed E-state index contributed by atoms with van der Waals surface area (Å²) < 4.78 is 29.4. The second-order valence-electron chi connectivity index (χ2n) is 8.85. The molecule has 7 nitrogen and oxygen atoms in total. The maximum Gasteiger partial charge on any atom is 0.242 e. The third kappa shape index (κ3) is 5.83. The average Bonchev–Trinajstić information content (AvgIpc) is 3.32. The molecule has 1 heterocycles. The molecule has 2 N–H and O–H groups in total. The number of carbonyl (C=O) groups is 2. The van der Waals surface area contributed by atoms with E-state index in [4.69, 9.17) is 0 Å². The van der Waals surface area contributed by atoms with Gasteiger partial charge in [-0.05, 0) is 66.3 Å². The highest BCUT2D eigenvalue weighted by molar-refractivity contribution is 7.89. The lowest BCUT2D eigenvalue weighted by Gasteiger charge is -2.20. The summed E-state index contributed by atoms with van der Waals surface area (Å²) in [7, 11) is -4.01. The first-order valence-electron chi connectivity index (χ1n) is 12.2. The van der Waals surface area contributed by atoms with E-state index in [0.29, 0.717) is 25.1 Å². The van der Waals surface area contributed by atoms with Crippen molar-refractivity contribution < 1.29 is 18.0 Å². The predicted molar refractivity (Wildman–Crippen MR) is 141 cm³/mol. The van der Waals surface area contributed by atoms with Crippen molar-refractivity contribution in [2.75, 3.05) is 16.8 Å². The van der Waals surface area contributed by atoms with E-state index in [0.717, 1.165) is 28.8 Å². The summed E-state index contributed by atoms with van der Waals surface area (Å²) in [6, 6.07) is 20.6. The summed E-state index contributed by atoms with van der Waals surface area (Å²) >= 11 is 0. The van der Waals surface area contributed by atoms with Gasteiger partial charge >= 0.3 is 0 Å². The first-order chi connectivity index (χ1) is 17.3. The van der Waals surface area contributed by atoms with Crippen LogP contribution in [0.25, 0.3) is 0 Å². The molecule has 36 heavy (non-hydrogen) atoms. The van der Waals surface area contributed by atoms with Crippen LogP contribution in [0.4, 0.5) is 11.4 Å². The van der Waals surface area contributed by atoms with E-state index in [1.54, 1.807) is 30.0 Å². The Balaban J connectivity index is 1.59. The van der Waals surface area contributed by atoms with Crippen molar-refractivity contribution in [3.05, 3.63) is 89.5 Å². The normalized spacial score (nSPS) is 13.8. The Morgan fingerprint density at radius 2 is 1.69 bits per heavy atom. The van der Waals surface area contributed by atoms with Crippen LogP contribution in [0.2, 0.25) is 0 Å². The van der Waals surface area contributed by atoms with Crippen LogP contribution in [-0.2, 0) is 38.9 Å². The smallest absolute Gasteiger partial charge is 0.242 e. The van der Waals surface area contributed by atoms with E-state index >= 15 is 0 Å². The number of hydrogen-bond donors (Lipinski definition) is 2. The minimum Gasteiger partial charge on any atom is -0.325 e. The predicted octanol–water partition coefficient (Wildman–Crippen LogP) is 4.08. The van der Waals surface area contributed by atoms with E-state index in [1.165, 1.54) is 6.07 Å². The van der Waals surface area contributed by atoms with Gasteiger partial charge < -0.3 is 10.2 Å². The third-order valence-electron chi connectivity index (χ3n) is 6.36. The zero-order valence-corrected chi connectivity index (χ0v) is 21.3. The van der Waals surface area contributed by atoms with Gasteiger partial charge in [-0.15, -0.1) is 0 Å². The van der Waals surface area contributed by atoms with Crippen molar-refractivity contribution in [1.29, 1.82) is 0 Å². The van der Waals surface area contributed by atoms with Gasteiger partial charge in [-0.2, -0.15) is 4.72 Å². The number of nitrogens with zero attached hydrogens (tertiary/aromatic N) is 1. The van der Waals surface area contributed by atoms with E-state index in [1.807, 2.05) is 55.5 Å². The van der Waals surface area contributed by atoms with Gasteiger partial charge in [-0.25, -0.2) is 8.42 Å². The van der Waals surface area contributed by atoms with Crippen molar-refractivity contribution in [2.24, 2.45) is 0 Å². The highest BCUT2D eigenvalue weighted by Crippen LogP contribution is 2.30. The number of anilines is 2. The molecule has 0 saturated carbocycles. The maximum absolute atomic E-state index is 13.4. The second-order valence-corrected chi connectivity index (χ2v) is 10.6. The third-order valence-corrected chi connectivity index (χ3v) is 7.83. The van der Waals surface area contributed by atoms with Gasteiger partial charge in [0.15, 0.2) is 0 Å². The number of nitrogens with one attached hydrogen (secondary N) is 2. The lowest BCUT2D eigenvalue weighted by atomic mass is 10.1. The number of hydrogen-bond acceptors (Lipinski definition) is 4. The molecule has 188 valence electrons. The largest absolute Gasteiger partial charge is 0.325 e.